The third-order valence-electron chi connectivity index (χ3n) is 5.24. The van der Waals surface area contributed by atoms with E-state index >= 15 is 0 Å². The lowest BCUT2D eigenvalue weighted by atomic mass is 9.69. The van der Waals surface area contributed by atoms with Gasteiger partial charge in [-0.2, -0.15) is 0 Å². The number of carbonyl (C=O) groups is 1. The van der Waals surface area contributed by atoms with Crippen molar-refractivity contribution in [3.63, 3.8) is 0 Å². The highest BCUT2D eigenvalue weighted by Gasteiger charge is 2.41. The molecule has 1 aliphatic rings. The predicted octanol–water partition coefficient (Wildman–Crippen LogP) is 4.90. The van der Waals surface area contributed by atoms with E-state index in [2.05, 4.69) is 62.5 Å². The van der Waals surface area contributed by atoms with Crippen LogP contribution >= 0.6 is 0 Å². The van der Waals surface area contributed by atoms with Crippen molar-refractivity contribution in [2.45, 2.75) is 33.6 Å². The van der Waals surface area contributed by atoms with Crippen molar-refractivity contribution in [1.29, 1.82) is 0 Å². The van der Waals surface area contributed by atoms with Crippen LogP contribution in [-0.2, 0) is 11.2 Å². The van der Waals surface area contributed by atoms with Crippen molar-refractivity contribution in [3.8, 4) is 11.1 Å². The summed E-state index contributed by atoms with van der Waals surface area (Å²) in [5.74, 6) is 0.517. The number of rotatable bonds is 3. The molecule has 1 amide bonds. The van der Waals surface area contributed by atoms with Crippen LogP contribution in [-0.4, -0.2) is 5.91 Å². The molecule has 0 saturated carbocycles. The molecule has 0 aromatic heterocycles. The molecule has 0 bridgehead atoms. The summed E-state index contributed by atoms with van der Waals surface area (Å²) in [5, 5.41) is 3.11. The van der Waals surface area contributed by atoms with Crippen LogP contribution in [0.5, 0.6) is 0 Å². The molecule has 0 aliphatic carbocycles. The molecule has 3 rings (SSSR count). The van der Waals surface area contributed by atoms with E-state index in [4.69, 9.17) is 0 Å². The summed E-state index contributed by atoms with van der Waals surface area (Å²) in [6.45, 7) is 6.42. The van der Waals surface area contributed by atoms with Gasteiger partial charge in [0.05, 0.1) is 5.41 Å². The highest BCUT2D eigenvalue weighted by Crippen LogP contribution is 2.41. The molecule has 2 heteroatoms. The Hall–Kier alpha value is -2.09. The highest BCUT2D eigenvalue weighted by atomic mass is 16.2. The number of fused-ring (bicyclic) bond motifs is 1. The van der Waals surface area contributed by atoms with Gasteiger partial charge in [-0.05, 0) is 41.2 Å². The van der Waals surface area contributed by atoms with Crippen molar-refractivity contribution < 1.29 is 4.79 Å². The van der Waals surface area contributed by atoms with Crippen molar-refractivity contribution in [1.82, 2.24) is 0 Å². The van der Waals surface area contributed by atoms with Gasteiger partial charge >= 0.3 is 0 Å². The zero-order chi connectivity index (χ0) is 15.7. The van der Waals surface area contributed by atoms with Gasteiger partial charge in [-0.1, -0.05) is 63.6 Å². The third kappa shape index (κ3) is 2.43. The van der Waals surface area contributed by atoms with E-state index in [-0.39, 0.29) is 11.3 Å². The fraction of sp³-hybridized carbons (Fsp3) is 0.350. The first-order valence-corrected chi connectivity index (χ1v) is 8.04. The van der Waals surface area contributed by atoms with E-state index in [9.17, 15) is 4.79 Å². The molecule has 0 fully saturated rings. The van der Waals surface area contributed by atoms with Gasteiger partial charge in [0.1, 0.15) is 0 Å². The molecule has 2 aromatic rings. The second-order valence-electron chi connectivity index (χ2n) is 6.60. The molecule has 114 valence electrons. The van der Waals surface area contributed by atoms with E-state index in [0.29, 0.717) is 5.92 Å². The SMILES string of the molecule is CCC(C)C1(C)Cc2cc(-c3ccccc3)ccc2NC1=O. The Balaban J connectivity index is 2.00. The van der Waals surface area contributed by atoms with Crippen LogP contribution in [0.1, 0.15) is 32.8 Å². The van der Waals surface area contributed by atoms with Crippen LogP contribution in [0.4, 0.5) is 5.69 Å². The van der Waals surface area contributed by atoms with Gasteiger partial charge in [-0.25, -0.2) is 0 Å². The van der Waals surface area contributed by atoms with Crippen LogP contribution in [0.25, 0.3) is 11.1 Å². The van der Waals surface area contributed by atoms with E-state index in [1.165, 1.54) is 16.7 Å². The lowest BCUT2D eigenvalue weighted by Gasteiger charge is -2.38. The molecular formula is C20H23NO. The Morgan fingerprint density at radius 2 is 1.86 bits per heavy atom. The van der Waals surface area contributed by atoms with Crippen molar-refractivity contribution in [2.75, 3.05) is 5.32 Å². The van der Waals surface area contributed by atoms with E-state index < -0.39 is 0 Å². The maximum atomic E-state index is 12.5. The Morgan fingerprint density at radius 3 is 2.55 bits per heavy atom. The zero-order valence-electron chi connectivity index (χ0n) is 13.5. The van der Waals surface area contributed by atoms with Gasteiger partial charge < -0.3 is 5.32 Å². The first kappa shape index (κ1) is 14.8. The van der Waals surface area contributed by atoms with Gasteiger partial charge in [-0.15, -0.1) is 0 Å². The summed E-state index contributed by atoms with van der Waals surface area (Å²) in [6, 6.07) is 16.7. The molecule has 1 N–H and O–H groups in total. The molecule has 1 heterocycles. The molecule has 2 aromatic carbocycles. The summed E-state index contributed by atoms with van der Waals surface area (Å²) in [7, 11) is 0. The number of hydrogen-bond donors (Lipinski definition) is 1. The molecule has 0 saturated heterocycles. The average molecular weight is 293 g/mol. The van der Waals surface area contributed by atoms with Crippen LogP contribution in [0.2, 0.25) is 0 Å². The normalized spacial score (nSPS) is 21.9. The maximum Gasteiger partial charge on any atom is 0.230 e. The monoisotopic (exact) mass is 293 g/mol. The summed E-state index contributed by atoms with van der Waals surface area (Å²) < 4.78 is 0. The maximum absolute atomic E-state index is 12.5. The first-order chi connectivity index (χ1) is 10.5. The fourth-order valence-electron chi connectivity index (χ4n) is 3.26. The Bertz CT molecular complexity index is 692. The molecule has 1 aliphatic heterocycles. The smallest absolute Gasteiger partial charge is 0.230 e. The molecule has 2 unspecified atom stereocenters. The molecule has 0 spiro atoms. The van der Waals surface area contributed by atoms with Crippen molar-refractivity contribution in [2.24, 2.45) is 11.3 Å². The second kappa shape index (κ2) is 5.60. The summed E-state index contributed by atoms with van der Waals surface area (Å²) in [6.07, 6.45) is 1.82. The van der Waals surface area contributed by atoms with Crippen LogP contribution in [0.3, 0.4) is 0 Å². The Morgan fingerprint density at radius 1 is 1.14 bits per heavy atom. The summed E-state index contributed by atoms with van der Waals surface area (Å²) in [4.78, 5) is 12.5. The average Bonchev–Trinajstić information content (AvgIpc) is 2.55. The van der Waals surface area contributed by atoms with Gasteiger partial charge in [-0.3, -0.25) is 4.79 Å². The molecule has 2 atom stereocenters. The fourth-order valence-corrected chi connectivity index (χ4v) is 3.26. The minimum atomic E-state index is -0.322. The standard InChI is InChI=1S/C20H23NO/c1-4-14(2)20(3)13-17-12-16(15-8-6-5-7-9-15)10-11-18(17)21-19(20)22/h5-12,14H,4,13H2,1-3H3,(H,21,22). The molecule has 22 heavy (non-hydrogen) atoms. The number of carbonyl (C=O) groups excluding carboxylic acids is 1. The zero-order valence-corrected chi connectivity index (χ0v) is 13.5. The Labute approximate surface area is 132 Å². The van der Waals surface area contributed by atoms with Crippen LogP contribution in [0.15, 0.2) is 48.5 Å². The summed E-state index contributed by atoms with van der Waals surface area (Å²) in [5.41, 5.74) is 4.31. The van der Waals surface area contributed by atoms with Crippen LogP contribution in [0, 0.1) is 11.3 Å². The van der Waals surface area contributed by atoms with Crippen molar-refractivity contribution >= 4 is 11.6 Å². The number of benzene rings is 2. The predicted molar refractivity (Wildman–Crippen MR) is 91.8 cm³/mol. The topological polar surface area (TPSA) is 29.1 Å². The van der Waals surface area contributed by atoms with Crippen molar-refractivity contribution in [3.05, 3.63) is 54.1 Å². The van der Waals surface area contributed by atoms with Gasteiger partial charge in [0.15, 0.2) is 0 Å². The minimum absolute atomic E-state index is 0.154. The Kier molecular flexibility index (Phi) is 3.78. The quantitative estimate of drug-likeness (QED) is 0.856. The summed E-state index contributed by atoms with van der Waals surface area (Å²) >= 11 is 0. The van der Waals surface area contributed by atoms with Crippen LogP contribution < -0.4 is 5.32 Å². The molecule has 0 radical (unpaired) electrons. The number of hydrogen-bond acceptors (Lipinski definition) is 1. The first-order valence-electron chi connectivity index (χ1n) is 8.04. The van der Waals surface area contributed by atoms with Gasteiger partial charge in [0.25, 0.3) is 0 Å². The number of amides is 1. The van der Waals surface area contributed by atoms with Gasteiger partial charge in [0.2, 0.25) is 5.91 Å². The van der Waals surface area contributed by atoms with E-state index in [1.54, 1.807) is 0 Å². The second-order valence-corrected chi connectivity index (χ2v) is 6.60. The lowest BCUT2D eigenvalue weighted by Crippen LogP contribution is -2.44. The molecule has 2 nitrogen and oxygen atoms in total. The van der Waals surface area contributed by atoms with E-state index in [1.807, 2.05) is 12.1 Å². The number of anilines is 1. The number of nitrogens with one attached hydrogen (secondary N) is 1. The molecular weight excluding hydrogens is 270 g/mol. The highest BCUT2D eigenvalue weighted by molar-refractivity contribution is 5.98. The van der Waals surface area contributed by atoms with E-state index in [0.717, 1.165) is 18.5 Å². The third-order valence-corrected chi connectivity index (χ3v) is 5.24. The van der Waals surface area contributed by atoms with Gasteiger partial charge in [0, 0.05) is 5.69 Å². The lowest BCUT2D eigenvalue weighted by molar-refractivity contribution is -0.127. The minimum Gasteiger partial charge on any atom is -0.325 e. The largest absolute Gasteiger partial charge is 0.325 e.